The lowest BCUT2D eigenvalue weighted by Gasteiger charge is -2.47. The van der Waals surface area contributed by atoms with Gasteiger partial charge in [-0.05, 0) is 50.9 Å². The number of aromatic amines is 1. The number of benzene rings is 1. The third-order valence-corrected chi connectivity index (χ3v) is 6.13. The van der Waals surface area contributed by atoms with Gasteiger partial charge in [0.25, 0.3) is 5.91 Å². The lowest BCUT2D eigenvalue weighted by atomic mass is 9.82. The molecule has 7 nitrogen and oxygen atoms in total. The number of rotatable bonds is 3. The molecule has 140 valence electrons. The summed E-state index contributed by atoms with van der Waals surface area (Å²) in [5, 5.41) is 11.2. The van der Waals surface area contributed by atoms with Crippen LogP contribution >= 0.6 is 0 Å². The van der Waals surface area contributed by atoms with Gasteiger partial charge in [-0.25, -0.2) is 4.98 Å². The molecule has 2 saturated heterocycles. The molecule has 0 saturated carbocycles. The second-order valence-corrected chi connectivity index (χ2v) is 7.72. The molecule has 1 amide bonds. The molecule has 5 rings (SSSR count). The molecule has 2 bridgehead atoms. The maximum atomic E-state index is 12.9. The summed E-state index contributed by atoms with van der Waals surface area (Å²) in [6.45, 7) is 0. The van der Waals surface area contributed by atoms with Crippen LogP contribution in [0.25, 0.3) is 22.4 Å². The van der Waals surface area contributed by atoms with Crippen molar-refractivity contribution in [2.24, 2.45) is 0 Å². The zero-order chi connectivity index (χ0) is 18.4. The normalized spacial score (nSPS) is 25.6. The SMILES string of the molecule is CN1[C@@H]2CCC[C@H]1CC(NC(=O)c1n[nH]c3ccc(-c4ncco4)cc13)C2. The van der Waals surface area contributed by atoms with Crippen molar-refractivity contribution < 1.29 is 9.21 Å². The van der Waals surface area contributed by atoms with Crippen molar-refractivity contribution in [1.29, 1.82) is 0 Å². The molecule has 3 atom stereocenters. The number of amides is 1. The third kappa shape index (κ3) is 2.92. The standard InChI is InChI=1S/C20H23N5O2/c1-25-14-3-2-4-15(25)11-13(10-14)22-19(26)18-16-9-12(20-21-7-8-27-20)5-6-17(16)23-24-18/h5-9,13-15H,2-4,10-11H2,1H3,(H,22,26)(H,23,24)/t13?,14-,15+. The average molecular weight is 365 g/mol. The van der Waals surface area contributed by atoms with Crippen molar-refractivity contribution in [2.45, 2.75) is 50.2 Å². The van der Waals surface area contributed by atoms with Gasteiger partial charge in [0, 0.05) is 29.1 Å². The molecule has 3 aromatic rings. The monoisotopic (exact) mass is 365 g/mol. The van der Waals surface area contributed by atoms with Crippen LogP contribution in [-0.4, -0.2) is 51.2 Å². The molecule has 1 unspecified atom stereocenters. The van der Waals surface area contributed by atoms with E-state index in [9.17, 15) is 4.79 Å². The van der Waals surface area contributed by atoms with Gasteiger partial charge in [0.05, 0.1) is 11.7 Å². The van der Waals surface area contributed by atoms with E-state index in [-0.39, 0.29) is 11.9 Å². The molecule has 2 N–H and O–H groups in total. The second-order valence-electron chi connectivity index (χ2n) is 7.72. The molecule has 2 aromatic heterocycles. The minimum atomic E-state index is -0.113. The van der Waals surface area contributed by atoms with Crippen LogP contribution in [-0.2, 0) is 0 Å². The molecule has 0 spiro atoms. The number of piperidine rings is 2. The summed E-state index contributed by atoms with van der Waals surface area (Å²) in [6, 6.07) is 7.09. The van der Waals surface area contributed by atoms with E-state index in [1.165, 1.54) is 19.3 Å². The summed E-state index contributed by atoms with van der Waals surface area (Å²) in [6.07, 6.45) is 8.94. The summed E-state index contributed by atoms with van der Waals surface area (Å²) < 4.78 is 5.37. The molecule has 7 heteroatoms. The van der Waals surface area contributed by atoms with E-state index in [0.29, 0.717) is 23.7 Å². The summed E-state index contributed by atoms with van der Waals surface area (Å²) in [7, 11) is 2.22. The van der Waals surface area contributed by atoms with Crippen LogP contribution in [0.5, 0.6) is 0 Å². The largest absolute Gasteiger partial charge is 0.445 e. The molecular formula is C20H23N5O2. The number of fused-ring (bicyclic) bond motifs is 3. The van der Waals surface area contributed by atoms with Crippen molar-refractivity contribution in [1.82, 2.24) is 25.4 Å². The Morgan fingerprint density at radius 1 is 1.30 bits per heavy atom. The van der Waals surface area contributed by atoms with Crippen molar-refractivity contribution >= 4 is 16.8 Å². The van der Waals surface area contributed by atoms with Crippen LogP contribution in [0.3, 0.4) is 0 Å². The number of hydrogen-bond acceptors (Lipinski definition) is 5. The fourth-order valence-corrected chi connectivity index (χ4v) is 4.67. The topological polar surface area (TPSA) is 87.0 Å². The van der Waals surface area contributed by atoms with Gasteiger partial charge >= 0.3 is 0 Å². The minimum Gasteiger partial charge on any atom is -0.445 e. The number of carbonyl (C=O) groups is 1. The summed E-state index contributed by atoms with van der Waals surface area (Å²) in [4.78, 5) is 19.6. The molecular weight excluding hydrogens is 342 g/mol. The Kier molecular flexibility index (Phi) is 3.97. The van der Waals surface area contributed by atoms with Crippen LogP contribution in [0.2, 0.25) is 0 Å². The van der Waals surface area contributed by atoms with Crippen molar-refractivity contribution in [3.05, 3.63) is 36.4 Å². The minimum absolute atomic E-state index is 0.113. The lowest BCUT2D eigenvalue weighted by Crippen LogP contribution is -2.55. The van der Waals surface area contributed by atoms with Crippen LogP contribution in [0.4, 0.5) is 0 Å². The van der Waals surface area contributed by atoms with Gasteiger partial charge in [-0.1, -0.05) is 6.42 Å². The smallest absolute Gasteiger partial charge is 0.272 e. The van der Waals surface area contributed by atoms with E-state index >= 15 is 0 Å². The van der Waals surface area contributed by atoms with Crippen molar-refractivity contribution in [3.8, 4) is 11.5 Å². The fraction of sp³-hybridized carbons (Fsp3) is 0.450. The highest BCUT2D eigenvalue weighted by molar-refractivity contribution is 6.05. The number of H-pyrrole nitrogens is 1. The predicted octanol–water partition coefficient (Wildman–Crippen LogP) is 2.96. The summed E-state index contributed by atoms with van der Waals surface area (Å²) >= 11 is 0. The Balaban J connectivity index is 1.38. The number of oxazole rings is 1. The van der Waals surface area contributed by atoms with Crippen LogP contribution in [0.1, 0.15) is 42.6 Å². The average Bonchev–Trinajstić information content (AvgIpc) is 3.31. The summed E-state index contributed by atoms with van der Waals surface area (Å²) in [5.41, 5.74) is 2.09. The summed E-state index contributed by atoms with van der Waals surface area (Å²) in [5.74, 6) is 0.422. The number of nitrogens with zero attached hydrogens (tertiary/aromatic N) is 3. The number of nitrogens with one attached hydrogen (secondary N) is 2. The molecule has 1 aromatic carbocycles. The molecule has 2 fully saturated rings. The van der Waals surface area contributed by atoms with Gasteiger partial charge in [-0.15, -0.1) is 0 Å². The van der Waals surface area contributed by atoms with Crippen LogP contribution in [0, 0.1) is 0 Å². The van der Waals surface area contributed by atoms with Crippen molar-refractivity contribution in [2.75, 3.05) is 7.05 Å². The van der Waals surface area contributed by atoms with E-state index in [4.69, 9.17) is 4.42 Å². The quantitative estimate of drug-likeness (QED) is 0.745. The Morgan fingerprint density at radius 3 is 2.85 bits per heavy atom. The first kappa shape index (κ1) is 16.5. The van der Waals surface area contributed by atoms with Gasteiger partial charge in [0.2, 0.25) is 5.89 Å². The van der Waals surface area contributed by atoms with E-state index in [1.807, 2.05) is 18.2 Å². The van der Waals surface area contributed by atoms with Gasteiger partial charge < -0.3 is 14.6 Å². The zero-order valence-electron chi connectivity index (χ0n) is 15.3. The van der Waals surface area contributed by atoms with Crippen LogP contribution < -0.4 is 5.32 Å². The molecule has 0 radical (unpaired) electrons. The third-order valence-electron chi connectivity index (χ3n) is 6.13. The maximum Gasteiger partial charge on any atom is 0.272 e. The molecule has 27 heavy (non-hydrogen) atoms. The van der Waals surface area contributed by atoms with E-state index in [1.54, 1.807) is 12.5 Å². The first-order chi connectivity index (χ1) is 13.2. The van der Waals surface area contributed by atoms with E-state index < -0.39 is 0 Å². The lowest BCUT2D eigenvalue weighted by molar-refractivity contribution is 0.0462. The highest BCUT2D eigenvalue weighted by atomic mass is 16.3. The van der Waals surface area contributed by atoms with Gasteiger partial charge in [0.1, 0.15) is 6.26 Å². The van der Waals surface area contributed by atoms with Crippen molar-refractivity contribution in [3.63, 3.8) is 0 Å². The number of hydrogen-bond donors (Lipinski definition) is 2. The maximum absolute atomic E-state index is 12.9. The van der Waals surface area contributed by atoms with Gasteiger partial charge in [-0.3, -0.25) is 9.89 Å². The first-order valence-corrected chi connectivity index (χ1v) is 9.60. The highest BCUT2D eigenvalue weighted by Crippen LogP contribution is 2.33. The number of carbonyl (C=O) groups excluding carboxylic acids is 1. The van der Waals surface area contributed by atoms with Crippen LogP contribution in [0.15, 0.2) is 35.1 Å². The molecule has 2 aliphatic rings. The number of aromatic nitrogens is 3. The second kappa shape index (κ2) is 6.49. The van der Waals surface area contributed by atoms with E-state index in [0.717, 1.165) is 29.3 Å². The Bertz CT molecular complexity index is 950. The Labute approximate surface area is 157 Å². The Morgan fingerprint density at radius 2 is 2.11 bits per heavy atom. The highest BCUT2D eigenvalue weighted by Gasteiger charge is 2.36. The fourth-order valence-electron chi connectivity index (χ4n) is 4.67. The predicted molar refractivity (Wildman–Crippen MR) is 101 cm³/mol. The molecule has 0 aliphatic carbocycles. The zero-order valence-corrected chi connectivity index (χ0v) is 15.3. The first-order valence-electron chi connectivity index (χ1n) is 9.60. The molecule has 2 aliphatic heterocycles. The van der Waals surface area contributed by atoms with Gasteiger partial charge in [0.15, 0.2) is 5.69 Å². The Hall–Kier alpha value is -2.67. The van der Waals surface area contributed by atoms with Gasteiger partial charge in [-0.2, -0.15) is 5.10 Å². The van der Waals surface area contributed by atoms with E-state index in [2.05, 4.69) is 32.4 Å². The molecule has 4 heterocycles.